The molecule has 0 saturated heterocycles. The molecule has 1 heterocycles. The first-order valence-corrected chi connectivity index (χ1v) is 6.84. The summed E-state index contributed by atoms with van der Waals surface area (Å²) in [6.07, 6.45) is 2.74. The maximum Gasteiger partial charge on any atom is 0.183 e. The summed E-state index contributed by atoms with van der Waals surface area (Å²) in [5.41, 5.74) is 0.747. The van der Waals surface area contributed by atoms with Crippen molar-refractivity contribution >= 4 is 26.7 Å². The number of fused-ring (bicyclic) bond motifs is 1. The molecule has 0 spiro atoms. The first kappa shape index (κ1) is 11.0. The second kappa shape index (κ2) is 4.26. The lowest BCUT2D eigenvalue weighted by molar-refractivity contribution is 0.536. The SMILES string of the molecule is CC(CNc1nc2cc(F)ccc2s1)C1CC1. The van der Waals surface area contributed by atoms with Crippen molar-refractivity contribution in [3.8, 4) is 0 Å². The number of nitrogens with zero attached hydrogens (tertiary/aromatic N) is 1. The maximum atomic E-state index is 13.0. The van der Waals surface area contributed by atoms with Crippen molar-refractivity contribution in [1.29, 1.82) is 0 Å². The first-order chi connectivity index (χ1) is 8.22. The molecule has 1 atom stereocenters. The first-order valence-electron chi connectivity index (χ1n) is 6.02. The second-order valence-electron chi connectivity index (χ2n) is 4.83. The van der Waals surface area contributed by atoms with E-state index >= 15 is 0 Å². The van der Waals surface area contributed by atoms with Crippen LogP contribution in [0.4, 0.5) is 9.52 Å². The number of anilines is 1. The third-order valence-electron chi connectivity index (χ3n) is 3.35. The van der Waals surface area contributed by atoms with Gasteiger partial charge in [-0.25, -0.2) is 9.37 Å². The number of halogens is 1. The van der Waals surface area contributed by atoms with Crippen molar-refractivity contribution in [2.75, 3.05) is 11.9 Å². The lowest BCUT2D eigenvalue weighted by atomic mass is 10.1. The summed E-state index contributed by atoms with van der Waals surface area (Å²) in [5, 5.41) is 4.26. The van der Waals surface area contributed by atoms with Gasteiger partial charge in [-0.1, -0.05) is 18.3 Å². The van der Waals surface area contributed by atoms with E-state index in [-0.39, 0.29) is 5.82 Å². The Balaban J connectivity index is 1.72. The van der Waals surface area contributed by atoms with E-state index in [1.165, 1.54) is 25.0 Å². The van der Waals surface area contributed by atoms with Gasteiger partial charge >= 0.3 is 0 Å². The zero-order chi connectivity index (χ0) is 11.8. The lowest BCUT2D eigenvalue weighted by Crippen LogP contribution is -2.12. The van der Waals surface area contributed by atoms with Crippen LogP contribution in [-0.2, 0) is 0 Å². The number of rotatable bonds is 4. The van der Waals surface area contributed by atoms with Gasteiger partial charge in [0.05, 0.1) is 10.2 Å². The fraction of sp³-hybridized carbons (Fsp3) is 0.462. The molecular formula is C13H15FN2S. The molecule has 17 heavy (non-hydrogen) atoms. The zero-order valence-corrected chi connectivity index (χ0v) is 10.6. The minimum Gasteiger partial charge on any atom is -0.361 e. The number of benzene rings is 1. The molecule has 0 amide bonds. The zero-order valence-electron chi connectivity index (χ0n) is 9.74. The van der Waals surface area contributed by atoms with E-state index in [1.54, 1.807) is 17.4 Å². The Hall–Kier alpha value is -1.16. The average molecular weight is 250 g/mol. The van der Waals surface area contributed by atoms with Gasteiger partial charge in [0.2, 0.25) is 0 Å². The minimum atomic E-state index is -0.222. The smallest absolute Gasteiger partial charge is 0.183 e. The second-order valence-corrected chi connectivity index (χ2v) is 5.86. The molecule has 3 rings (SSSR count). The van der Waals surface area contributed by atoms with Crippen molar-refractivity contribution in [1.82, 2.24) is 4.98 Å². The van der Waals surface area contributed by atoms with Crippen LogP contribution in [0.1, 0.15) is 19.8 Å². The van der Waals surface area contributed by atoms with Gasteiger partial charge in [0.15, 0.2) is 5.13 Å². The Kier molecular flexibility index (Phi) is 2.74. The molecule has 1 aromatic heterocycles. The molecule has 1 saturated carbocycles. The van der Waals surface area contributed by atoms with E-state index in [4.69, 9.17) is 0 Å². The average Bonchev–Trinajstić information content (AvgIpc) is 3.07. The Labute approximate surface area is 104 Å². The third-order valence-corrected chi connectivity index (χ3v) is 4.35. The van der Waals surface area contributed by atoms with Crippen LogP contribution in [0.25, 0.3) is 10.2 Å². The van der Waals surface area contributed by atoms with Crippen LogP contribution in [0, 0.1) is 17.7 Å². The van der Waals surface area contributed by atoms with E-state index in [0.29, 0.717) is 5.92 Å². The molecule has 0 bridgehead atoms. The Morgan fingerprint density at radius 1 is 1.53 bits per heavy atom. The molecule has 1 N–H and O–H groups in total. The maximum absolute atomic E-state index is 13.0. The fourth-order valence-electron chi connectivity index (χ4n) is 2.06. The van der Waals surface area contributed by atoms with E-state index < -0.39 is 0 Å². The summed E-state index contributed by atoms with van der Waals surface area (Å²) in [5.74, 6) is 1.38. The van der Waals surface area contributed by atoms with Crippen molar-refractivity contribution in [3.05, 3.63) is 24.0 Å². The van der Waals surface area contributed by atoms with Crippen LogP contribution < -0.4 is 5.32 Å². The van der Waals surface area contributed by atoms with E-state index in [1.807, 2.05) is 0 Å². The summed E-state index contributed by atoms with van der Waals surface area (Å²) in [7, 11) is 0. The third kappa shape index (κ3) is 2.41. The van der Waals surface area contributed by atoms with Crippen molar-refractivity contribution in [3.63, 3.8) is 0 Å². The molecule has 1 aliphatic rings. The molecule has 2 aromatic rings. The number of hydrogen-bond donors (Lipinski definition) is 1. The van der Waals surface area contributed by atoms with E-state index in [0.717, 1.165) is 27.8 Å². The topological polar surface area (TPSA) is 24.9 Å². The summed E-state index contributed by atoms with van der Waals surface area (Å²) in [4.78, 5) is 4.39. The monoisotopic (exact) mass is 250 g/mol. The standard InChI is InChI=1S/C13H15FN2S/c1-8(9-2-3-9)7-15-13-16-11-6-10(14)4-5-12(11)17-13/h4-6,8-9H,2-3,7H2,1H3,(H,15,16). The molecule has 1 aliphatic carbocycles. The highest BCUT2D eigenvalue weighted by atomic mass is 32.1. The molecule has 90 valence electrons. The van der Waals surface area contributed by atoms with Gasteiger partial charge in [0.25, 0.3) is 0 Å². The Morgan fingerprint density at radius 3 is 3.12 bits per heavy atom. The molecule has 0 aliphatic heterocycles. The summed E-state index contributed by atoms with van der Waals surface area (Å²) in [6, 6.07) is 4.76. The van der Waals surface area contributed by atoms with Crippen LogP contribution in [0.5, 0.6) is 0 Å². The minimum absolute atomic E-state index is 0.222. The van der Waals surface area contributed by atoms with Crippen LogP contribution in [0.2, 0.25) is 0 Å². The van der Waals surface area contributed by atoms with Gasteiger partial charge in [0.1, 0.15) is 5.82 Å². The summed E-state index contributed by atoms with van der Waals surface area (Å²) < 4.78 is 14.1. The summed E-state index contributed by atoms with van der Waals surface area (Å²) in [6.45, 7) is 3.24. The van der Waals surface area contributed by atoms with Crippen LogP contribution >= 0.6 is 11.3 Å². The molecule has 0 radical (unpaired) electrons. The van der Waals surface area contributed by atoms with E-state index in [9.17, 15) is 4.39 Å². The largest absolute Gasteiger partial charge is 0.361 e. The van der Waals surface area contributed by atoms with Crippen molar-refractivity contribution in [2.24, 2.45) is 11.8 Å². The van der Waals surface area contributed by atoms with Gasteiger partial charge in [-0.2, -0.15) is 0 Å². The number of hydrogen-bond acceptors (Lipinski definition) is 3. The lowest BCUT2D eigenvalue weighted by Gasteiger charge is -2.09. The highest BCUT2D eigenvalue weighted by molar-refractivity contribution is 7.22. The molecule has 1 aromatic carbocycles. The molecule has 4 heteroatoms. The predicted octanol–water partition coefficient (Wildman–Crippen LogP) is 3.89. The van der Waals surface area contributed by atoms with Crippen molar-refractivity contribution in [2.45, 2.75) is 19.8 Å². The summed E-state index contributed by atoms with van der Waals surface area (Å²) >= 11 is 1.59. The van der Waals surface area contributed by atoms with Gasteiger partial charge in [-0.15, -0.1) is 0 Å². The molecule has 1 fully saturated rings. The van der Waals surface area contributed by atoms with Gasteiger partial charge in [0, 0.05) is 12.6 Å². The number of aromatic nitrogens is 1. The fourth-order valence-corrected chi connectivity index (χ4v) is 2.91. The van der Waals surface area contributed by atoms with E-state index in [2.05, 4.69) is 17.2 Å². The van der Waals surface area contributed by atoms with Gasteiger partial charge in [-0.3, -0.25) is 0 Å². The van der Waals surface area contributed by atoms with Gasteiger partial charge in [-0.05, 0) is 36.8 Å². The highest BCUT2D eigenvalue weighted by Gasteiger charge is 2.27. The quantitative estimate of drug-likeness (QED) is 0.890. The normalized spacial score (nSPS) is 17.3. The molecular weight excluding hydrogens is 235 g/mol. The molecule has 2 nitrogen and oxygen atoms in total. The van der Waals surface area contributed by atoms with Crippen LogP contribution in [-0.4, -0.2) is 11.5 Å². The van der Waals surface area contributed by atoms with Crippen LogP contribution in [0.15, 0.2) is 18.2 Å². The highest BCUT2D eigenvalue weighted by Crippen LogP contribution is 2.36. The van der Waals surface area contributed by atoms with Gasteiger partial charge < -0.3 is 5.32 Å². The Morgan fingerprint density at radius 2 is 2.35 bits per heavy atom. The number of nitrogens with one attached hydrogen (secondary N) is 1. The predicted molar refractivity (Wildman–Crippen MR) is 70.0 cm³/mol. The van der Waals surface area contributed by atoms with Crippen LogP contribution in [0.3, 0.4) is 0 Å². The van der Waals surface area contributed by atoms with Crippen molar-refractivity contribution < 1.29 is 4.39 Å². The number of thiazole rings is 1. The Bertz CT molecular complexity index is 533. The molecule has 1 unspecified atom stereocenters.